The van der Waals surface area contributed by atoms with E-state index in [1.807, 2.05) is 0 Å². The smallest absolute Gasteiger partial charge is 0.337 e. The van der Waals surface area contributed by atoms with Gasteiger partial charge in [-0.3, -0.25) is 43.3 Å². The van der Waals surface area contributed by atoms with E-state index in [4.69, 9.17) is 11.5 Å². The molecule has 2 aliphatic rings. The average Bonchev–Trinajstić information content (AvgIpc) is 3.51. The number of carboxylic acids is 1. The molecule has 0 aromatic carbocycles. The van der Waals surface area contributed by atoms with Crippen LogP contribution in [-0.4, -0.2) is 105 Å². The SMILES string of the molecule is C[C@H](NC(=O)[C@@H](NC(=O)[C@@H]1CC(=O)CN1C(=O)[C@@H](NC(=O)[C@H](CC/C=C/C(N)=O)NC(=O)Cc1cncc(C(=O)O)c1)C(C)(C)C)C1CCCCC1)C(N)=O. The van der Waals surface area contributed by atoms with E-state index in [1.165, 1.54) is 25.3 Å². The third-order valence-electron chi connectivity index (χ3n) is 9.58. The number of Topliss-reactive ketones (excluding diaryl/α,β-unsaturated/α-hetero) is 1. The number of aromatic carboxylic acids is 1. The minimum atomic E-state index is -1.31. The number of carbonyl (C=O) groups is 9. The third-order valence-corrected chi connectivity index (χ3v) is 9.58. The number of nitrogens with zero attached hydrogens (tertiary/aromatic N) is 2. The van der Waals surface area contributed by atoms with Gasteiger partial charge < -0.3 is 42.7 Å². The number of primary amides is 2. The summed E-state index contributed by atoms with van der Waals surface area (Å²) in [6, 6.07) is -4.68. The van der Waals surface area contributed by atoms with Gasteiger partial charge in [-0.15, -0.1) is 0 Å². The Balaban J connectivity index is 1.84. The zero-order chi connectivity index (χ0) is 41.0. The molecule has 0 spiro atoms. The fourth-order valence-electron chi connectivity index (χ4n) is 6.57. The summed E-state index contributed by atoms with van der Waals surface area (Å²) in [7, 11) is 0. The van der Waals surface area contributed by atoms with Crippen LogP contribution in [0.1, 0.15) is 95.0 Å². The highest BCUT2D eigenvalue weighted by atomic mass is 16.4. The number of aromatic nitrogens is 1. The topological polar surface area (TPSA) is 290 Å². The van der Waals surface area contributed by atoms with Gasteiger partial charge >= 0.3 is 5.97 Å². The molecule has 3 rings (SSSR count). The summed E-state index contributed by atoms with van der Waals surface area (Å²) in [4.78, 5) is 120. The van der Waals surface area contributed by atoms with Crippen LogP contribution in [-0.2, 0) is 44.8 Å². The van der Waals surface area contributed by atoms with Gasteiger partial charge in [0.05, 0.1) is 18.5 Å². The zero-order valence-electron chi connectivity index (χ0n) is 31.6. The van der Waals surface area contributed by atoms with E-state index in [9.17, 15) is 48.3 Å². The monoisotopic (exact) mass is 768 g/mol. The van der Waals surface area contributed by atoms with Crippen molar-refractivity contribution in [3.05, 3.63) is 41.7 Å². The molecule has 0 bridgehead atoms. The fourth-order valence-corrected chi connectivity index (χ4v) is 6.57. The number of ketones is 1. The minimum Gasteiger partial charge on any atom is -0.478 e. The van der Waals surface area contributed by atoms with E-state index >= 15 is 0 Å². The third kappa shape index (κ3) is 13.0. The van der Waals surface area contributed by atoms with Gasteiger partial charge in [-0.2, -0.15) is 0 Å². The maximum Gasteiger partial charge on any atom is 0.337 e. The van der Waals surface area contributed by atoms with Crippen LogP contribution in [0.3, 0.4) is 0 Å². The second-order valence-electron chi connectivity index (χ2n) is 15.1. The Labute approximate surface area is 319 Å². The Morgan fingerprint density at radius 3 is 2.24 bits per heavy atom. The van der Waals surface area contributed by atoms with Crippen molar-refractivity contribution < 1.29 is 48.3 Å². The van der Waals surface area contributed by atoms with Gasteiger partial charge in [0.15, 0.2) is 5.78 Å². The molecule has 1 saturated heterocycles. The number of hydrogen-bond acceptors (Lipinski definition) is 10. The lowest BCUT2D eigenvalue weighted by Crippen LogP contribution is -2.61. The van der Waals surface area contributed by atoms with Crippen molar-refractivity contribution >= 4 is 53.1 Å². The van der Waals surface area contributed by atoms with E-state index in [0.717, 1.165) is 36.4 Å². The molecule has 1 aliphatic heterocycles. The summed E-state index contributed by atoms with van der Waals surface area (Å²) >= 11 is 0. The van der Waals surface area contributed by atoms with Crippen LogP contribution in [0.2, 0.25) is 0 Å². The van der Waals surface area contributed by atoms with Crippen LogP contribution in [0.5, 0.6) is 0 Å². The quantitative estimate of drug-likeness (QED) is 0.0981. The van der Waals surface area contributed by atoms with Crippen molar-refractivity contribution in [1.82, 2.24) is 31.2 Å². The van der Waals surface area contributed by atoms with Gasteiger partial charge in [-0.05, 0) is 61.6 Å². The molecule has 300 valence electrons. The fraction of sp³-hybridized carbons (Fsp3) is 0.568. The van der Waals surface area contributed by atoms with E-state index in [1.54, 1.807) is 20.8 Å². The van der Waals surface area contributed by atoms with E-state index in [2.05, 4.69) is 26.3 Å². The predicted molar refractivity (Wildman–Crippen MR) is 196 cm³/mol. The Morgan fingerprint density at radius 2 is 1.64 bits per heavy atom. The van der Waals surface area contributed by atoms with Gasteiger partial charge in [-0.1, -0.05) is 46.1 Å². The number of pyridine rings is 1. The normalized spacial score (nSPS) is 18.4. The summed E-state index contributed by atoms with van der Waals surface area (Å²) in [5, 5.41) is 19.8. The summed E-state index contributed by atoms with van der Waals surface area (Å²) in [5.41, 5.74) is 9.66. The maximum absolute atomic E-state index is 14.3. The van der Waals surface area contributed by atoms with Crippen LogP contribution in [0.4, 0.5) is 0 Å². The first-order valence-electron chi connectivity index (χ1n) is 18.2. The Bertz CT molecular complexity index is 1680. The first kappa shape index (κ1) is 43.7. The number of allylic oxidation sites excluding steroid dienone is 1. The Morgan fingerprint density at radius 1 is 0.964 bits per heavy atom. The lowest BCUT2D eigenvalue weighted by Gasteiger charge is -2.36. The van der Waals surface area contributed by atoms with Crippen LogP contribution in [0, 0.1) is 11.3 Å². The second kappa shape index (κ2) is 19.6. The number of amides is 7. The minimum absolute atomic E-state index is 0.0357. The second-order valence-corrected chi connectivity index (χ2v) is 15.1. The largest absolute Gasteiger partial charge is 0.478 e. The standard InChI is InChI=1S/C37H52N8O10/c1-20(31(39)49)41-34(52)29(22-10-6-5-7-11-22)43-33(51)26-16-24(46)19-45(26)35(53)30(37(2,3)4)44-32(50)25(12-8-9-13-27(38)47)42-28(48)15-21-14-23(36(54)55)18-40-17-21/h9,13-14,17-18,20,22,25-26,29-30H,5-8,10-12,15-16,19H2,1-4H3,(H2,38,47)(H2,39,49)(H,41,52)(H,42,48)(H,43,51)(H,44,50)(H,54,55)/b13-9+/t20-,25-,26-,29-,30+/m0/s1. The van der Waals surface area contributed by atoms with Crippen LogP contribution < -0.4 is 32.7 Å². The number of carboxylic acid groups (broad SMARTS) is 1. The molecule has 9 N–H and O–H groups in total. The summed E-state index contributed by atoms with van der Waals surface area (Å²) in [6.45, 7) is 5.98. The highest BCUT2D eigenvalue weighted by Crippen LogP contribution is 2.29. The highest BCUT2D eigenvalue weighted by Gasteiger charge is 2.46. The molecule has 18 nitrogen and oxygen atoms in total. The average molecular weight is 769 g/mol. The summed E-state index contributed by atoms with van der Waals surface area (Å²) in [5.74, 6) is -6.95. The number of hydrogen-bond donors (Lipinski definition) is 7. The number of rotatable bonds is 17. The molecule has 1 aromatic rings. The van der Waals surface area contributed by atoms with Crippen LogP contribution in [0.15, 0.2) is 30.6 Å². The van der Waals surface area contributed by atoms with Crippen molar-refractivity contribution in [3.8, 4) is 0 Å². The molecule has 5 atom stereocenters. The molecule has 1 saturated carbocycles. The number of nitrogens with two attached hydrogens (primary N) is 2. The van der Waals surface area contributed by atoms with E-state index in [0.29, 0.717) is 12.8 Å². The molecule has 0 unspecified atom stereocenters. The Kier molecular flexibility index (Phi) is 15.6. The van der Waals surface area contributed by atoms with Crippen molar-refractivity contribution in [2.45, 2.75) is 116 Å². The van der Waals surface area contributed by atoms with Gasteiger partial charge in [0.1, 0.15) is 30.2 Å². The first-order valence-corrected chi connectivity index (χ1v) is 18.2. The zero-order valence-corrected chi connectivity index (χ0v) is 31.6. The number of likely N-dealkylation sites (tertiary alicyclic amines) is 1. The first-order chi connectivity index (χ1) is 25.8. The number of carbonyl (C=O) groups excluding carboxylic acids is 8. The molecule has 1 aliphatic carbocycles. The highest BCUT2D eigenvalue weighted by molar-refractivity contribution is 6.02. The summed E-state index contributed by atoms with van der Waals surface area (Å²) < 4.78 is 0. The lowest BCUT2D eigenvalue weighted by atomic mass is 9.83. The molecule has 2 heterocycles. The van der Waals surface area contributed by atoms with Gasteiger partial charge in [0, 0.05) is 18.8 Å². The van der Waals surface area contributed by atoms with Crippen molar-refractivity contribution in [3.63, 3.8) is 0 Å². The molecule has 7 amide bonds. The van der Waals surface area contributed by atoms with Crippen molar-refractivity contribution in [2.75, 3.05) is 6.54 Å². The van der Waals surface area contributed by atoms with E-state index in [-0.39, 0.29) is 42.7 Å². The molecule has 2 fully saturated rings. The van der Waals surface area contributed by atoms with Crippen LogP contribution in [0.25, 0.3) is 0 Å². The van der Waals surface area contributed by atoms with E-state index < -0.39 is 95.3 Å². The van der Waals surface area contributed by atoms with Crippen molar-refractivity contribution in [1.29, 1.82) is 0 Å². The maximum atomic E-state index is 14.3. The lowest BCUT2D eigenvalue weighted by molar-refractivity contribution is -0.145. The van der Waals surface area contributed by atoms with Gasteiger partial charge in [0.2, 0.25) is 41.4 Å². The van der Waals surface area contributed by atoms with Gasteiger partial charge in [-0.25, -0.2) is 4.79 Å². The summed E-state index contributed by atoms with van der Waals surface area (Å²) in [6.07, 6.45) is 8.23. The molecule has 1 aromatic heterocycles. The molecular formula is C37H52N8O10. The van der Waals surface area contributed by atoms with Gasteiger partial charge in [0.25, 0.3) is 0 Å². The molecule has 18 heteroatoms. The Hall–Kier alpha value is -5.68. The molecule has 55 heavy (non-hydrogen) atoms. The molecule has 0 radical (unpaired) electrons. The number of nitrogens with one attached hydrogen (secondary N) is 4. The predicted octanol–water partition coefficient (Wildman–Crippen LogP) is -0.615. The molecular weight excluding hydrogens is 716 g/mol. The van der Waals surface area contributed by atoms with Crippen molar-refractivity contribution in [2.24, 2.45) is 22.8 Å². The van der Waals surface area contributed by atoms with Crippen LogP contribution >= 0.6 is 0 Å².